The molecule has 4 amide bonds. The van der Waals surface area contributed by atoms with Gasteiger partial charge in [0.25, 0.3) is 0 Å². The third-order valence-corrected chi connectivity index (χ3v) is 4.71. The van der Waals surface area contributed by atoms with E-state index in [2.05, 4.69) is 16.0 Å². The van der Waals surface area contributed by atoms with Crippen LogP contribution in [0.5, 0.6) is 0 Å². The van der Waals surface area contributed by atoms with Gasteiger partial charge in [-0.3, -0.25) is 9.59 Å². The van der Waals surface area contributed by atoms with Crippen molar-refractivity contribution in [2.45, 2.75) is 19.9 Å². The van der Waals surface area contributed by atoms with E-state index in [-0.39, 0.29) is 25.5 Å². The van der Waals surface area contributed by atoms with Gasteiger partial charge in [-0.15, -0.1) is 0 Å². The van der Waals surface area contributed by atoms with Crippen molar-refractivity contribution in [1.29, 1.82) is 0 Å². The van der Waals surface area contributed by atoms with E-state index in [0.29, 0.717) is 34.3 Å². The molecule has 2 aromatic carbocycles. The third kappa shape index (κ3) is 8.43. The monoisotopic (exact) mass is 468 g/mol. The molecular formula is C21H23Cl2FN4O3. The number of carbonyl (C=O) groups is 3. The van der Waals surface area contributed by atoms with E-state index in [4.69, 9.17) is 23.2 Å². The first-order valence-electron chi connectivity index (χ1n) is 9.57. The highest BCUT2D eigenvalue weighted by Crippen LogP contribution is 2.25. The van der Waals surface area contributed by atoms with Crippen molar-refractivity contribution in [3.63, 3.8) is 0 Å². The Hall–Kier alpha value is -2.84. The molecule has 2 rings (SSSR count). The van der Waals surface area contributed by atoms with Gasteiger partial charge in [-0.05, 0) is 42.3 Å². The second kappa shape index (κ2) is 12.1. The minimum Gasteiger partial charge on any atom is -0.334 e. The topological polar surface area (TPSA) is 90.5 Å². The van der Waals surface area contributed by atoms with E-state index < -0.39 is 17.8 Å². The number of anilines is 1. The summed E-state index contributed by atoms with van der Waals surface area (Å²) in [5.41, 5.74) is 1.06. The van der Waals surface area contributed by atoms with E-state index in [9.17, 15) is 18.8 Å². The molecule has 0 spiro atoms. The summed E-state index contributed by atoms with van der Waals surface area (Å²) < 4.78 is 12.9. The van der Waals surface area contributed by atoms with Crippen LogP contribution in [0, 0.1) is 5.82 Å². The van der Waals surface area contributed by atoms with Crippen LogP contribution in [0.25, 0.3) is 0 Å². The molecular weight excluding hydrogens is 446 g/mol. The summed E-state index contributed by atoms with van der Waals surface area (Å²) in [4.78, 5) is 38.1. The average Bonchev–Trinajstić information content (AvgIpc) is 2.74. The Morgan fingerprint density at radius 2 is 1.74 bits per heavy atom. The fourth-order valence-electron chi connectivity index (χ4n) is 2.63. The first-order valence-corrected chi connectivity index (χ1v) is 10.3. The largest absolute Gasteiger partial charge is 0.334 e. The molecule has 0 aliphatic carbocycles. The molecule has 0 atom stereocenters. The van der Waals surface area contributed by atoms with Gasteiger partial charge >= 0.3 is 6.03 Å². The Morgan fingerprint density at radius 1 is 1.03 bits per heavy atom. The smallest absolute Gasteiger partial charge is 0.315 e. The summed E-state index contributed by atoms with van der Waals surface area (Å²) in [5.74, 6) is -1.21. The molecule has 0 aromatic heterocycles. The zero-order valence-electron chi connectivity index (χ0n) is 16.9. The third-order valence-electron chi connectivity index (χ3n) is 4.15. The van der Waals surface area contributed by atoms with Crippen LogP contribution in [0.3, 0.4) is 0 Å². The van der Waals surface area contributed by atoms with Crippen molar-refractivity contribution >= 4 is 46.7 Å². The summed E-state index contributed by atoms with van der Waals surface area (Å²) in [5, 5.41) is 8.40. The average molecular weight is 469 g/mol. The Kier molecular flexibility index (Phi) is 9.55. The van der Waals surface area contributed by atoms with E-state index in [1.54, 1.807) is 24.3 Å². The number of rotatable bonds is 9. The second-order valence-corrected chi connectivity index (χ2v) is 7.49. The minimum atomic E-state index is -0.552. The lowest BCUT2D eigenvalue weighted by Gasteiger charge is -2.22. The second-order valence-electron chi connectivity index (χ2n) is 6.65. The first kappa shape index (κ1) is 24.4. The quantitative estimate of drug-likeness (QED) is 0.522. The van der Waals surface area contributed by atoms with E-state index in [1.165, 1.54) is 23.1 Å². The van der Waals surface area contributed by atoms with Crippen LogP contribution >= 0.6 is 23.2 Å². The van der Waals surface area contributed by atoms with Crippen molar-refractivity contribution < 1.29 is 18.8 Å². The van der Waals surface area contributed by atoms with Crippen molar-refractivity contribution in [3.8, 4) is 0 Å². The molecule has 166 valence electrons. The molecule has 2 aromatic rings. The molecule has 31 heavy (non-hydrogen) atoms. The van der Waals surface area contributed by atoms with Gasteiger partial charge in [0.15, 0.2) is 0 Å². The zero-order chi connectivity index (χ0) is 22.8. The van der Waals surface area contributed by atoms with Gasteiger partial charge < -0.3 is 20.9 Å². The molecule has 3 N–H and O–H groups in total. The minimum absolute atomic E-state index is 0.182. The lowest BCUT2D eigenvalue weighted by atomic mass is 10.2. The van der Waals surface area contributed by atoms with E-state index >= 15 is 0 Å². The summed E-state index contributed by atoms with van der Waals surface area (Å²) in [7, 11) is 0. The fraction of sp³-hybridized carbons (Fsp3) is 0.286. The van der Waals surface area contributed by atoms with Crippen LogP contribution in [0.1, 0.15) is 18.9 Å². The van der Waals surface area contributed by atoms with Gasteiger partial charge in [0.2, 0.25) is 11.8 Å². The normalized spacial score (nSPS) is 10.3. The summed E-state index contributed by atoms with van der Waals surface area (Å²) >= 11 is 12.0. The van der Waals surface area contributed by atoms with Gasteiger partial charge in [-0.2, -0.15) is 0 Å². The Bertz CT molecular complexity index is 925. The number of nitrogens with one attached hydrogen (secondary N) is 3. The van der Waals surface area contributed by atoms with Crippen LogP contribution in [-0.2, 0) is 16.1 Å². The number of carbonyl (C=O) groups excluding carboxylic acids is 3. The van der Waals surface area contributed by atoms with E-state index in [0.717, 1.165) is 0 Å². The van der Waals surface area contributed by atoms with Crippen molar-refractivity contribution in [1.82, 2.24) is 15.5 Å². The highest BCUT2D eigenvalue weighted by atomic mass is 35.5. The molecule has 10 heteroatoms. The first-order chi connectivity index (χ1) is 14.8. The lowest BCUT2D eigenvalue weighted by Crippen LogP contribution is -2.46. The van der Waals surface area contributed by atoms with Crippen LogP contribution in [0.15, 0.2) is 42.5 Å². The number of benzene rings is 2. The number of amides is 4. The standard InChI is InChI=1S/C21H23Cl2FN4O3/c1-2-9-28(13-19(29)27-18-10-15(22)5-8-17(18)23)20(30)12-26-21(31)25-11-14-3-6-16(24)7-4-14/h3-8,10H,2,9,11-13H2,1H3,(H,27,29)(H2,25,26,31). The SMILES string of the molecule is CCCN(CC(=O)Nc1cc(Cl)ccc1Cl)C(=O)CNC(=O)NCc1ccc(F)cc1. The highest BCUT2D eigenvalue weighted by molar-refractivity contribution is 6.35. The van der Waals surface area contributed by atoms with Crippen molar-refractivity contribution in [2.75, 3.05) is 25.0 Å². The summed E-state index contributed by atoms with van der Waals surface area (Å²) in [6.45, 7) is 1.92. The Labute approximate surface area is 189 Å². The predicted octanol–water partition coefficient (Wildman–Crippen LogP) is 3.81. The number of hydrogen-bond donors (Lipinski definition) is 3. The van der Waals surface area contributed by atoms with Crippen LogP contribution in [-0.4, -0.2) is 42.4 Å². The number of urea groups is 1. The van der Waals surface area contributed by atoms with Crippen LogP contribution in [0.2, 0.25) is 10.0 Å². The van der Waals surface area contributed by atoms with Gasteiger partial charge in [0, 0.05) is 18.1 Å². The van der Waals surface area contributed by atoms with Crippen LogP contribution in [0.4, 0.5) is 14.9 Å². The molecule has 0 bridgehead atoms. The molecule has 0 unspecified atom stereocenters. The molecule has 0 fully saturated rings. The molecule has 0 saturated carbocycles. The Morgan fingerprint density at radius 3 is 2.42 bits per heavy atom. The maximum atomic E-state index is 12.9. The molecule has 0 radical (unpaired) electrons. The van der Waals surface area contributed by atoms with Crippen LogP contribution < -0.4 is 16.0 Å². The predicted molar refractivity (Wildman–Crippen MR) is 119 cm³/mol. The molecule has 7 nitrogen and oxygen atoms in total. The fourth-order valence-corrected chi connectivity index (χ4v) is 2.97. The molecule has 0 aliphatic heterocycles. The van der Waals surface area contributed by atoms with Crippen molar-refractivity contribution in [3.05, 3.63) is 63.9 Å². The number of nitrogens with zero attached hydrogens (tertiary/aromatic N) is 1. The summed E-state index contributed by atoms with van der Waals surface area (Å²) in [6, 6.07) is 9.81. The maximum Gasteiger partial charge on any atom is 0.315 e. The van der Waals surface area contributed by atoms with Gasteiger partial charge in [-0.1, -0.05) is 42.3 Å². The highest BCUT2D eigenvalue weighted by Gasteiger charge is 2.18. The molecule has 0 aliphatic rings. The van der Waals surface area contributed by atoms with Gasteiger partial charge in [-0.25, -0.2) is 9.18 Å². The maximum absolute atomic E-state index is 12.9. The Balaban J connectivity index is 1.83. The number of halogens is 3. The molecule has 0 heterocycles. The van der Waals surface area contributed by atoms with Crippen molar-refractivity contribution in [2.24, 2.45) is 0 Å². The molecule has 0 saturated heterocycles. The van der Waals surface area contributed by atoms with E-state index in [1.807, 2.05) is 6.92 Å². The lowest BCUT2D eigenvalue weighted by molar-refractivity contribution is -0.133. The number of hydrogen-bond acceptors (Lipinski definition) is 3. The van der Waals surface area contributed by atoms with Gasteiger partial charge in [0.1, 0.15) is 5.82 Å². The van der Waals surface area contributed by atoms with Gasteiger partial charge in [0.05, 0.1) is 23.8 Å². The summed E-state index contributed by atoms with van der Waals surface area (Å²) in [6.07, 6.45) is 0.633. The zero-order valence-corrected chi connectivity index (χ0v) is 18.4.